The Bertz CT molecular complexity index is 820. The zero-order chi connectivity index (χ0) is 17.8. The van der Waals surface area contributed by atoms with Gasteiger partial charge in [0, 0.05) is 37.0 Å². The standard InChI is InChI=1S/C20H23N5O/c1-24(15-18-13-19(23-26-18)16-7-3-2-4-8-16)17-9-6-12-25(14-17)20-10-5-11-21-22-20/h2-5,7-8,10-11,13,17H,6,9,12,14-15H2,1H3/t17-/m0/s1. The van der Waals surface area contributed by atoms with E-state index in [0.717, 1.165) is 48.9 Å². The molecule has 1 atom stereocenters. The average Bonchev–Trinajstić information content (AvgIpc) is 3.18. The topological polar surface area (TPSA) is 58.3 Å². The summed E-state index contributed by atoms with van der Waals surface area (Å²) in [6.45, 7) is 2.73. The summed E-state index contributed by atoms with van der Waals surface area (Å²) in [7, 11) is 2.15. The molecular formula is C20H23N5O. The average molecular weight is 349 g/mol. The molecule has 1 aromatic carbocycles. The monoisotopic (exact) mass is 349 g/mol. The van der Waals surface area contributed by atoms with Crippen molar-refractivity contribution in [3.8, 4) is 11.3 Å². The number of nitrogens with zero attached hydrogens (tertiary/aromatic N) is 5. The second kappa shape index (κ2) is 7.66. The van der Waals surface area contributed by atoms with E-state index in [4.69, 9.17) is 4.52 Å². The maximum absolute atomic E-state index is 5.56. The van der Waals surface area contributed by atoms with Crippen LogP contribution in [-0.2, 0) is 6.54 Å². The number of hydrogen-bond acceptors (Lipinski definition) is 6. The zero-order valence-electron chi connectivity index (χ0n) is 15.0. The van der Waals surface area contributed by atoms with E-state index in [9.17, 15) is 0 Å². The first kappa shape index (κ1) is 16.7. The molecule has 0 spiro atoms. The van der Waals surface area contributed by atoms with Crippen LogP contribution in [0.3, 0.4) is 0 Å². The summed E-state index contributed by atoms with van der Waals surface area (Å²) >= 11 is 0. The minimum absolute atomic E-state index is 0.455. The van der Waals surface area contributed by atoms with Crippen LogP contribution in [0.5, 0.6) is 0 Å². The maximum atomic E-state index is 5.56. The highest BCUT2D eigenvalue weighted by atomic mass is 16.5. The van der Waals surface area contributed by atoms with Gasteiger partial charge in [-0.15, -0.1) is 5.10 Å². The van der Waals surface area contributed by atoms with Crippen molar-refractivity contribution in [1.82, 2.24) is 20.3 Å². The van der Waals surface area contributed by atoms with Gasteiger partial charge >= 0.3 is 0 Å². The van der Waals surface area contributed by atoms with Crippen LogP contribution >= 0.6 is 0 Å². The van der Waals surface area contributed by atoms with Crippen molar-refractivity contribution in [3.63, 3.8) is 0 Å². The van der Waals surface area contributed by atoms with Gasteiger partial charge in [-0.1, -0.05) is 35.5 Å². The molecule has 0 bridgehead atoms. The lowest BCUT2D eigenvalue weighted by atomic mass is 10.0. The lowest BCUT2D eigenvalue weighted by Gasteiger charge is -2.37. The number of hydrogen-bond donors (Lipinski definition) is 0. The van der Waals surface area contributed by atoms with E-state index >= 15 is 0 Å². The Morgan fingerprint density at radius 3 is 2.88 bits per heavy atom. The minimum atomic E-state index is 0.455. The van der Waals surface area contributed by atoms with Gasteiger partial charge in [-0.3, -0.25) is 4.90 Å². The zero-order valence-corrected chi connectivity index (χ0v) is 15.0. The fourth-order valence-electron chi connectivity index (χ4n) is 3.49. The van der Waals surface area contributed by atoms with Crippen molar-refractivity contribution in [1.29, 1.82) is 0 Å². The van der Waals surface area contributed by atoms with Gasteiger partial charge in [0.05, 0.1) is 6.54 Å². The molecule has 1 saturated heterocycles. The van der Waals surface area contributed by atoms with Crippen LogP contribution in [-0.4, -0.2) is 46.4 Å². The summed E-state index contributed by atoms with van der Waals surface area (Å²) in [5.41, 5.74) is 1.97. The molecule has 0 N–H and O–H groups in total. The van der Waals surface area contributed by atoms with E-state index in [1.807, 2.05) is 48.5 Å². The van der Waals surface area contributed by atoms with Gasteiger partial charge in [0.15, 0.2) is 11.6 Å². The third-order valence-electron chi connectivity index (χ3n) is 4.94. The molecule has 2 aromatic heterocycles. The molecule has 3 heterocycles. The van der Waals surface area contributed by atoms with Crippen molar-refractivity contribution in [2.24, 2.45) is 0 Å². The fourth-order valence-corrected chi connectivity index (χ4v) is 3.49. The van der Waals surface area contributed by atoms with Crippen LogP contribution in [0.4, 0.5) is 5.82 Å². The Labute approximate surface area is 153 Å². The van der Waals surface area contributed by atoms with E-state index < -0.39 is 0 Å². The van der Waals surface area contributed by atoms with Gasteiger partial charge in [-0.05, 0) is 32.0 Å². The molecule has 1 fully saturated rings. The Morgan fingerprint density at radius 2 is 2.08 bits per heavy atom. The van der Waals surface area contributed by atoms with E-state index in [2.05, 4.69) is 32.2 Å². The Kier molecular flexibility index (Phi) is 4.93. The highest BCUT2D eigenvalue weighted by molar-refractivity contribution is 5.58. The molecular weight excluding hydrogens is 326 g/mol. The Balaban J connectivity index is 1.40. The van der Waals surface area contributed by atoms with Crippen molar-refractivity contribution >= 4 is 5.82 Å². The van der Waals surface area contributed by atoms with Gasteiger partial charge in [0.2, 0.25) is 0 Å². The molecule has 1 aliphatic heterocycles. The number of piperidine rings is 1. The van der Waals surface area contributed by atoms with Gasteiger partial charge in [-0.2, -0.15) is 5.10 Å². The molecule has 0 amide bonds. The van der Waals surface area contributed by atoms with E-state index in [0.29, 0.717) is 6.04 Å². The first-order valence-corrected chi connectivity index (χ1v) is 9.03. The quantitative estimate of drug-likeness (QED) is 0.705. The van der Waals surface area contributed by atoms with Crippen LogP contribution in [0.15, 0.2) is 59.3 Å². The Morgan fingerprint density at radius 1 is 1.19 bits per heavy atom. The first-order chi connectivity index (χ1) is 12.8. The third kappa shape index (κ3) is 3.75. The molecule has 3 aromatic rings. The highest BCUT2D eigenvalue weighted by Crippen LogP contribution is 2.23. The van der Waals surface area contributed by atoms with Crippen molar-refractivity contribution in [2.45, 2.75) is 25.4 Å². The van der Waals surface area contributed by atoms with Crippen molar-refractivity contribution < 1.29 is 4.52 Å². The van der Waals surface area contributed by atoms with Gasteiger partial charge < -0.3 is 9.42 Å². The lowest BCUT2D eigenvalue weighted by Crippen LogP contribution is -2.46. The van der Waals surface area contributed by atoms with E-state index in [-0.39, 0.29) is 0 Å². The summed E-state index contributed by atoms with van der Waals surface area (Å²) < 4.78 is 5.56. The minimum Gasteiger partial charge on any atom is -0.359 e. The number of aromatic nitrogens is 3. The fraction of sp³-hybridized carbons (Fsp3) is 0.350. The number of rotatable bonds is 5. The van der Waals surface area contributed by atoms with Crippen LogP contribution in [0.25, 0.3) is 11.3 Å². The van der Waals surface area contributed by atoms with E-state index in [1.165, 1.54) is 6.42 Å². The molecule has 0 radical (unpaired) electrons. The molecule has 0 aliphatic carbocycles. The second-order valence-electron chi connectivity index (χ2n) is 6.78. The third-order valence-corrected chi connectivity index (χ3v) is 4.94. The molecule has 0 unspecified atom stereocenters. The van der Waals surface area contributed by atoms with Crippen LogP contribution in [0, 0.1) is 0 Å². The molecule has 6 nitrogen and oxygen atoms in total. The van der Waals surface area contributed by atoms with Gasteiger partial charge in [-0.25, -0.2) is 0 Å². The summed E-state index contributed by atoms with van der Waals surface area (Å²) in [5, 5.41) is 12.5. The molecule has 4 rings (SSSR count). The smallest absolute Gasteiger partial charge is 0.151 e. The largest absolute Gasteiger partial charge is 0.359 e. The normalized spacial score (nSPS) is 17.6. The summed E-state index contributed by atoms with van der Waals surface area (Å²) in [5.74, 6) is 1.85. The predicted molar refractivity (Wildman–Crippen MR) is 101 cm³/mol. The molecule has 134 valence electrons. The maximum Gasteiger partial charge on any atom is 0.151 e. The number of likely N-dealkylation sites (N-methyl/N-ethyl adjacent to an activating group) is 1. The molecule has 6 heteroatoms. The highest BCUT2D eigenvalue weighted by Gasteiger charge is 2.25. The van der Waals surface area contributed by atoms with E-state index in [1.54, 1.807) is 6.20 Å². The van der Waals surface area contributed by atoms with Gasteiger partial charge in [0.25, 0.3) is 0 Å². The lowest BCUT2D eigenvalue weighted by molar-refractivity contribution is 0.187. The predicted octanol–water partition coefficient (Wildman–Crippen LogP) is 3.23. The van der Waals surface area contributed by atoms with Crippen molar-refractivity contribution in [2.75, 3.05) is 25.0 Å². The first-order valence-electron chi connectivity index (χ1n) is 9.03. The van der Waals surface area contributed by atoms with Crippen LogP contribution < -0.4 is 4.90 Å². The molecule has 0 saturated carbocycles. The number of benzene rings is 1. The van der Waals surface area contributed by atoms with Crippen LogP contribution in [0.2, 0.25) is 0 Å². The summed E-state index contributed by atoms with van der Waals surface area (Å²) in [4.78, 5) is 4.66. The van der Waals surface area contributed by atoms with Crippen LogP contribution in [0.1, 0.15) is 18.6 Å². The van der Waals surface area contributed by atoms with Crippen molar-refractivity contribution in [3.05, 3.63) is 60.5 Å². The molecule has 26 heavy (non-hydrogen) atoms. The summed E-state index contributed by atoms with van der Waals surface area (Å²) in [6, 6.07) is 16.6. The SMILES string of the molecule is CN(Cc1cc(-c2ccccc2)no1)[C@H]1CCCN(c2cccnn2)C1. The van der Waals surface area contributed by atoms with Gasteiger partial charge in [0.1, 0.15) is 5.69 Å². The summed E-state index contributed by atoms with van der Waals surface area (Å²) in [6.07, 6.45) is 4.04. The second-order valence-corrected chi connectivity index (χ2v) is 6.78. The molecule has 1 aliphatic rings. The Hall–Kier alpha value is -2.73. The number of anilines is 1.